The zero-order valence-electron chi connectivity index (χ0n) is 14.5. The average molecular weight is 284 g/mol. The molecule has 1 aliphatic carbocycles. The third kappa shape index (κ3) is 5.71. The second-order valence-corrected chi connectivity index (χ2v) is 7.52. The molecule has 0 aliphatic heterocycles. The van der Waals surface area contributed by atoms with Crippen LogP contribution in [0.25, 0.3) is 0 Å². The first-order chi connectivity index (χ1) is 9.39. The van der Waals surface area contributed by atoms with E-state index in [1.165, 1.54) is 25.8 Å². The first-order valence-electron chi connectivity index (χ1n) is 8.36. The van der Waals surface area contributed by atoms with Crippen molar-refractivity contribution in [1.29, 1.82) is 0 Å². The van der Waals surface area contributed by atoms with E-state index in [9.17, 15) is 0 Å². The Morgan fingerprint density at radius 2 is 2.05 bits per heavy atom. The van der Waals surface area contributed by atoms with Gasteiger partial charge in [-0.05, 0) is 37.1 Å². The minimum Gasteiger partial charge on any atom is -0.383 e. The molecule has 1 rings (SSSR count). The number of likely N-dealkylation sites (N-methyl/N-ethyl adjacent to an activating group) is 1. The zero-order chi connectivity index (χ0) is 15.2. The Morgan fingerprint density at radius 3 is 2.60 bits per heavy atom. The molecule has 120 valence electrons. The topological polar surface area (TPSA) is 24.5 Å². The average Bonchev–Trinajstić information content (AvgIpc) is 2.36. The molecule has 1 saturated carbocycles. The smallest absolute Gasteiger partial charge is 0.0589 e. The van der Waals surface area contributed by atoms with Crippen LogP contribution in [-0.2, 0) is 4.74 Å². The van der Waals surface area contributed by atoms with Crippen molar-refractivity contribution in [1.82, 2.24) is 10.2 Å². The SMILES string of the molecule is CCNC1CCC(C)(C)CC1N(CCOC)CC(C)C. The van der Waals surface area contributed by atoms with Crippen LogP contribution in [0.4, 0.5) is 0 Å². The summed E-state index contributed by atoms with van der Waals surface area (Å²) in [5, 5.41) is 3.72. The second kappa shape index (κ2) is 8.35. The molecule has 20 heavy (non-hydrogen) atoms. The molecule has 0 saturated heterocycles. The molecule has 2 unspecified atom stereocenters. The highest BCUT2D eigenvalue weighted by atomic mass is 16.5. The lowest BCUT2D eigenvalue weighted by atomic mass is 9.72. The molecule has 0 heterocycles. The monoisotopic (exact) mass is 284 g/mol. The first-order valence-corrected chi connectivity index (χ1v) is 8.36. The summed E-state index contributed by atoms with van der Waals surface area (Å²) in [6, 6.07) is 1.29. The van der Waals surface area contributed by atoms with Crippen LogP contribution in [0.15, 0.2) is 0 Å². The summed E-state index contributed by atoms with van der Waals surface area (Å²) in [6.07, 6.45) is 3.93. The van der Waals surface area contributed by atoms with Crippen molar-refractivity contribution in [3.8, 4) is 0 Å². The van der Waals surface area contributed by atoms with Gasteiger partial charge in [-0.2, -0.15) is 0 Å². The van der Waals surface area contributed by atoms with Gasteiger partial charge in [0, 0.05) is 32.3 Å². The van der Waals surface area contributed by atoms with Gasteiger partial charge in [0.25, 0.3) is 0 Å². The van der Waals surface area contributed by atoms with Crippen molar-refractivity contribution in [2.75, 3.05) is 33.4 Å². The van der Waals surface area contributed by atoms with Crippen molar-refractivity contribution in [3.63, 3.8) is 0 Å². The van der Waals surface area contributed by atoms with E-state index >= 15 is 0 Å². The van der Waals surface area contributed by atoms with Crippen LogP contribution in [0, 0.1) is 11.3 Å². The van der Waals surface area contributed by atoms with Gasteiger partial charge in [-0.3, -0.25) is 4.90 Å². The Hall–Kier alpha value is -0.120. The second-order valence-electron chi connectivity index (χ2n) is 7.52. The van der Waals surface area contributed by atoms with Crippen LogP contribution in [0.2, 0.25) is 0 Å². The molecule has 0 bridgehead atoms. The van der Waals surface area contributed by atoms with E-state index in [0.29, 0.717) is 23.4 Å². The van der Waals surface area contributed by atoms with E-state index in [4.69, 9.17) is 4.74 Å². The standard InChI is InChI=1S/C17H36N2O/c1-7-18-15-8-9-17(4,5)12-16(15)19(10-11-20-6)13-14(2)3/h14-16,18H,7-13H2,1-6H3. The van der Waals surface area contributed by atoms with Crippen molar-refractivity contribution >= 4 is 0 Å². The van der Waals surface area contributed by atoms with Gasteiger partial charge in [-0.1, -0.05) is 34.6 Å². The summed E-state index contributed by atoms with van der Waals surface area (Å²) in [5.74, 6) is 0.708. The van der Waals surface area contributed by atoms with Gasteiger partial charge in [-0.25, -0.2) is 0 Å². The van der Waals surface area contributed by atoms with Crippen molar-refractivity contribution in [3.05, 3.63) is 0 Å². The first kappa shape index (κ1) is 17.9. The number of hydrogen-bond donors (Lipinski definition) is 1. The summed E-state index contributed by atoms with van der Waals surface area (Å²) in [6.45, 7) is 15.8. The molecular weight excluding hydrogens is 248 g/mol. The summed E-state index contributed by atoms with van der Waals surface area (Å²) in [7, 11) is 1.81. The predicted molar refractivity (Wildman–Crippen MR) is 87.2 cm³/mol. The highest BCUT2D eigenvalue weighted by Crippen LogP contribution is 2.37. The molecule has 2 atom stereocenters. The fourth-order valence-corrected chi connectivity index (χ4v) is 3.50. The molecule has 0 aromatic carbocycles. The lowest BCUT2D eigenvalue weighted by Crippen LogP contribution is -2.56. The molecule has 1 fully saturated rings. The van der Waals surface area contributed by atoms with E-state index in [0.717, 1.165) is 19.7 Å². The van der Waals surface area contributed by atoms with E-state index in [-0.39, 0.29) is 0 Å². The van der Waals surface area contributed by atoms with Gasteiger partial charge in [-0.15, -0.1) is 0 Å². The van der Waals surface area contributed by atoms with Gasteiger partial charge in [0.1, 0.15) is 0 Å². The van der Waals surface area contributed by atoms with Crippen molar-refractivity contribution in [2.24, 2.45) is 11.3 Å². The van der Waals surface area contributed by atoms with Gasteiger partial charge < -0.3 is 10.1 Å². The predicted octanol–water partition coefficient (Wildman–Crippen LogP) is 3.15. The molecular formula is C17H36N2O. The van der Waals surface area contributed by atoms with Crippen LogP contribution in [0.1, 0.15) is 53.9 Å². The van der Waals surface area contributed by atoms with E-state index in [2.05, 4.69) is 44.8 Å². The zero-order valence-corrected chi connectivity index (χ0v) is 14.5. The van der Waals surface area contributed by atoms with Crippen molar-refractivity contribution < 1.29 is 4.74 Å². The highest BCUT2D eigenvalue weighted by Gasteiger charge is 2.37. The Balaban J connectivity index is 2.78. The Labute approximate surface area is 126 Å². The molecule has 0 amide bonds. The molecule has 0 aromatic rings. The molecule has 3 heteroatoms. The number of ether oxygens (including phenoxy) is 1. The third-order valence-corrected chi connectivity index (χ3v) is 4.48. The number of nitrogens with zero attached hydrogens (tertiary/aromatic N) is 1. The molecule has 0 aromatic heterocycles. The largest absolute Gasteiger partial charge is 0.383 e. The molecule has 0 spiro atoms. The summed E-state index contributed by atoms with van der Waals surface area (Å²) < 4.78 is 5.33. The fourth-order valence-electron chi connectivity index (χ4n) is 3.50. The number of methoxy groups -OCH3 is 1. The third-order valence-electron chi connectivity index (χ3n) is 4.48. The van der Waals surface area contributed by atoms with Crippen LogP contribution >= 0.6 is 0 Å². The molecule has 3 nitrogen and oxygen atoms in total. The minimum atomic E-state index is 0.471. The van der Waals surface area contributed by atoms with Crippen LogP contribution in [0.5, 0.6) is 0 Å². The molecule has 0 radical (unpaired) electrons. The summed E-state index contributed by atoms with van der Waals surface area (Å²) in [5.41, 5.74) is 0.471. The van der Waals surface area contributed by atoms with Crippen LogP contribution in [-0.4, -0.2) is 50.3 Å². The molecule has 1 aliphatic rings. The van der Waals surface area contributed by atoms with E-state index < -0.39 is 0 Å². The van der Waals surface area contributed by atoms with E-state index in [1.807, 2.05) is 0 Å². The number of nitrogens with one attached hydrogen (secondary N) is 1. The number of rotatable bonds is 8. The minimum absolute atomic E-state index is 0.471. The number of hydrogen-bond acceptors (Lipinski definition) is 3. The van der Waals surface area contributed by atoms with Gasteiger partial charge in [0.05, 0.1) is 6.61 Å². The quantitative estimate of drug-likeness (QED) is 0.741. The summed E-state index contributed by atoms with van der Waals surface area (Å²) >= 11 is 0. The summed E-state index contributed by atoms with van der Waals surface area (Å²) in [4.78, 5) is 2.67. The highest BCUT2D eigenvalue weighted by molar-refractivity contribution is 4.94. The van der Waals surface area contributed by atoms with Gasteiger partial charge in [0.15, 0.2) is 0 Å². The normalized spacial score (nSPS) is 26.4. The lowest BCUT2D eigenvalue weighted by Gasteiger charge is -2.46. The Morgan fingerprint density at radius 1 is 1.35 bits per heavy atom. The van der Waals surface area contributed by atoms with Gasteiger partial charge in [0.2, 0.25) is 0 Å². The van der Waals surface area contributed by atoms with Crippen molar-refractivity contribution in [2.45, 2.75) is 66.0 Å². The fraction of sp³-hybridized carbons (Fsp3) is 1.00. The Kier molecular flexibility index (Phi) is 7.49. The van der Waals surface area contributed by atoms with E-state index in [1.54, 1.807) is 7.11 Å². The Bertz CT molecular complexity index is 266. The maximum absolute atomic E-state index is 5.33. The maximum atomic E-state index is 5.33. The molecule has 1 N–H and O–H groups in total. The van der Waals surface area contributed by atoms with Gasteiger partial charge >= 0.3 is 0 Å². The van der Waals surface area contributed by atoms with Crippen LogP contribution < -0.4 is 5.32 Å². The lowest BCUT2D eigenvalue weighted by molar-refractivity contribution is 0.0393. The van der Waals surface area contributed by atoms with Crippen LogP contribution in [0.3, 0.4) is 0 Å². The maximum Gasteiger partial charge on any atom is 0.0589 e.